The molecule has 0 aromatic carbocycles. The Kier molecular flexibility index (Phi) is 4.31. The molecule has 0 nitrogen and oxygen atoms in total. The van der Waals surface area contributed by atoms with Gasteiger partial charge < -0.3 is 0 Å². The maximum atomic E-state index is 2.46. The van der Waals surface area contributed by atoms with Crippen molar-refractivity contribution in [1.29, 1.82) is 0 Å². The molecule has 3 aliphatic carbocycles. The minimum atomic E-state index is 0.200. The van der Waals surface area contributed by atoms with Gasteiger partial charge in [-0.25, -0.2) is 0 Å². The third kappa shape index (κ3) is 3.01. The lowest BCUT2D eigenvalue weighted by atomic mass is 9.60. The molecule has 1 atom stereocenters. The van der Waals surface area contributed by atoms with Crippen LogP contribution in [0.4, 0.5) is 0 Å². The fraction of sp³-hybridized carbons (Fsp3) is 0.583. The molecule has 0 bridgehead atoms. The van der Waals surface area contributed by atoms with Crippen LogP contribution in [0.5, 0.6) is 0 Å². The maximum absolute atomic E-state index is 2.46. The molecule has 0 heterocycles. The standard InChI is InChI=1S/C24H34/c1-16-12-14-19-20(15-13-16)22(24(5,6)7)18-11-9-8-10-17(18)21(19)23(2,3)4/h8,10,13,15,19H,9,11-12,14H2,1-7H3. The highest BCUT2D eigenvalue weighted by Crippen LogP contribution is 2.54. The summed E-state index contributed by atoms with van der Waals surface area (Å²) in [5.41, 5.74) is 10.1. The topological polar surface area (TPSA) is 0 Å². The van der Waals surface area contributed by atoms with E-state index >= 15 is 0 Å². The summed E-state index contributed by atoms with van der Waals surface area (Å²) in [6, 6.07) is 0. The zero-order valence-corrected chi connectivity index (χ0v) is 16.7. The lowest BCUT2D eigenvalue weighted by Gasteiger charge is -2.44. The fourth-order valence-electron chi connectivity index (χ4n) is 4.87. The molecule has 0 amide bonds. The van der Waals surface area contributed by atoms with Gasteiger partial charge in [-0.05, 0) is 71.3 Å². The SMILES string of the molecule is CC1=CC=C2C(C(C)(C)C)=C3CCC=CC3=C(C(C)(C)C)C2CC1. The van der Waals surface area contributed by atoms with Crippen molar-refractivity contribution in [2.45, 2.75) is 74.1 Å². The van der Waals surface area contributed by atoms with E-state index in [9.17, 15) is 0 Å². The van der Waals surface area contributed by atoms with E-state index in [1.165, 1.54) is 31.3 Å². The van der Waals surface area contributed by atoms with Crippen molar-refractivity contribution < 1.29 is 0 Å². The molecule has 0 saturated carbocycles. The minimum Gasteiger partial charge on any atom is -0.0836 e. The average molecular weight is 323 g/mol. The zero-order chi connectivity index (χ0) is 17.7. The molecule has 0 aliphatic heterocycles. The number of rotatable bonds is 0. The van der Waals surface area contributed by atoms with Gasteiger partial charge in [0.15, 0.2) is 0 Å². The predicted molar refractivity (Wildman–Crippen MR) is 106 cm³/mol. The van der Waals surface area contributed by atoms with Gasteiger partial charge in [-0.15, -0.1) is 0 Å². The lowest BCUT2D eigenvalue weighted by molar-refractivity contribution is 0.408. The van der Waals surface area contributed by atoms with Gasteiger partial charge in [0.1, 0.15) is 0 Å². The number of hydrogen-bond acceptors (Lipinski definition) is 0. The smallest absolute Gasteiger partial charge is 0.00686 e. The highest BCUT2D eigenvalue weighted by Gasteiger charge is 2.40. The van der Waals surface area contributed by atoms with Gasteiger partial charge in [0.25, 0.3) is 0 Å². The molecule has 130 valence electrons. The third-order valence-electron chi connectivity index (χ3n) is 5.71. The second kappa shape index (κ2) is 5.90. The van der Waals surface area contributed by atoms with Crippen molar-refractivity contribution in [1.82, 2.24) is 0 Å². The summed E-state index contributed by atoms with van der Waals surface area (Å²) < 4.78 is 0. The van der Waals surface area contributed by atoms with Crippen LogP contribution in [0.1, 0.15) is 74.1 Å². The molecule has 3 aliphatic rings. The second-order valence-electron chi connectivity index (χ2n) is 9.85. The molecule has 24 heavy (non-hydrogen) atoms. The van der Waals surface area contributed by atoms with Gasteiger partial charge in [-0.3, -0.25) is 0 Å². The van der Waals surface area contributed by atoms with E-state index in [4.69, 9.17) is 0 Å². The fourth-order valence-corrected chi connectivity index (χ4v) is 4.87. The molecule has 1 unspecified atom stereocenters. The van der Waals surface area contributed by atoms with Crippen LogP contribution in [0.25, 0.3) is 0 Å². The summed E-state index contributed by atoms with van der Waals surface area (Å²) in [4.78, 5) is 0. The van der Waals surface area contributed by atoms with Gasteiger partial charge in [-0.1, -0.05) is 71.4 Å². The predicted octanol–water partition coefficient (Wildman–Crippen LogP) is 7.32. The summed E-state index contributed by atoms with van der Waals surface area (Å²) in [5.74, 6) is 0.578. The molecule has 0 spiro atoms. The number of hydrogen-bond donors (Lipinski definition) is 0. The van der Waals surface area contributed by atoms with E-state index in [1.54, 1.807) is 27.9 Å². The summed E-state index contributed by atoms with van der Waals surface area (Å²) in [5, 5.41) is 0. The van der Waals surface area contributed by atoms with Gasteiger partial charge >= 0.3 is 0 Å². The van der Waals surface area contributed by atoms with E-state index < -0.39 is 0 Å². The highest BCUT2D eigenvalue weighted by molar-refractivity contribution is 5.63. The van der Waals surface area contributed by atoms with Crippen molar-refractivity contribution in [3.8, 4) is 0 Å². The normalized spacial score (nSPS) is 25.0. The molecule has 0 saturated heterocycles. The molecule has 3 rings (SSSR count). The van der Waals surface area contributed by atoms with Crippen LogP contribution < -0.4 is 0 Å². The zero-order valence-electron chi connectivity index (χ0n) is 16.7. The summed E-state index contributed by atoms with van der Waals surface area (Å²) in [6.45, 7) is 16.7. The monoisotopic (exact) mass is 322 g/mol. The van der Waals surface area contributed by atoms with E-state index in [2.05, 4.69) is 72.8 Å². The lowest BCUT2D eigenvalue weighted by Crippen LogP contribution is -2.30. The van der Waals surface area contributed by atoms with Crippen molar-refractivity contribution in [3.63, 3.8) is 0 Å². The molecular formula is C24H34. The van der Waals surface area contributed by atoms with Crippen LogP contribution in [0.2, 0.25) is 0 Å². The average Bonchev–Trinajstić information content (AvgIpc) is 2.64. The molecule has 0 radical (unpaired) electrons. The number of allylic oxidation sites excluding steroid dienone is 10. The van der Waals surface area contributed by atoms with Crippen LogP contribution >= 0.6 is 0 Å². The second-order valence-corrected chi connectivity index (χ2v) is 9.85. The van der Waals surface area contributed by atoms with Crippen molar-refractivity contribution in [2.75, 3.05) is 0 Å². The molecule has 0 fully saturated rings. The number of fused-ring (bicyclic) bond motifs is 2. The Morgan fingerprint density at radius 1 is 0.917 bits per heavy atom. The van der Waals surface area contributed by atoms with Crippen LogP contribution in [-0.2, 0) is 0 Å². The summed E-state index contributed by atoms with van der Waals surface area (Å²) in [6.07, 6.45) is 14.5. The summed E-state index contributed by atoms with van der Waals surface area (Å²) in [7, 11) is 0. The first-order valence-corrected chi connectivity index (χ1v) is 9.63. The highest BCUT2D eigenvalue weighted by atomic mass is 14.4. The molecule has 0 aromatic heterocycles. The quantitative estimate of drug-likeness (QED) is 0.438. The summed E-state index contributed by atoms with van der Waals surface area (Å²) >= 11 is 0. The van der Waals surface area contributed by atoms with Gasteiger partial charge in [0, 0.05) is 5.92 Å². The van der Waals surface area contributed by atoms with Crippen molar-refractivity contribution >= 4 is 0 Å². The minimum absolute atomic E-state index is 0.200. The van der Waals surface area contributed by atoms with E-state index in [1.807, 2.05) is 0 Å². The Morgan fingerprint density at radius 2 is 1.62 bits per heavy atom. The first-order chi connectivity index (χ1) is 11.1. The van der Waals surface area contributed by atoms with Crippen LogP contribution in [0.3, 0.4) is 0 Å². The Morgan fingerprint density at radius 3 is 2.25 bits per heavy atom. The Balaban J connectivity index is 2.34. The molecule has 0 aromatic rings. The van der Waals surface area contributed by atoms with Crippen LogP contribution in [-0.4, -0.2) is 0 Å². The largest absolute Gasteiger partial charge is 0.0836 e. The van der Waals surface area contributed by atoms with E-state index in [0.717, 1.165) is 0 Å². The molecular weight excluding hydrogens is 288 g/mol. The van der Waals surface area contributed by atoms with E-state index in [-0.39, 0.29) is 10.8 Å². The van der Waals surface area contributed by atoms with Crippen LogP contribution in [0, 0.1) is 16.7 Å². The Labute approximate surface area is 149 Å². The van der Waals surface area contributed by atoms with E-state index in [0.29, 0.717) is 5.92 Å². The van der Waals surface area contributed by atoms with Gasteiger partial charge in [-0.2, -0.15) is 0 Å². The van der Waals surface area contributed by atoms with Gasteiger partial charge in [0.2, 0.25) is 0 Å². The van der Waals surface area contributed by atoms with Crippen molar-refractivity contribution in [2.24, 2.45) is 16.7 Å². The van der Waals surface area contributed by atoms with Crippen molar-refractivity contribution in [3.05, 3.63) is 57.7 Å². The first kappa shape index (κ1) is 17.5. The molecule has 0 heteroatoms. The van der Waals surface area contributed by atoms with Gasteiger partial charge in [0.05, 0.1) is 0 Å². The Bertz CT molecular complexity index is 687. The molecule has 0 N–H and O–H groups in total. The Hall–Kier alpha value is -1.30. The first-order valence-electron chi connectivity index (χ1n) is 9.63. The third-order valence-corrected chi connectivity index (χ3v) is 5.71. The maximum Gasteiger partial charge on any atom is 0.00686 e. The van der Waals surface area contributed by atoms with Crippen LogP contribution in [0.15, 0.2) is 57.7 Å².